The first kappa shape index (κ1) is 18.7. The molecule has 2 aromatic rings. The SMILES string of the molecule is CC1CCN(c2cc(C(=O)N3CCN(c4ccccc4F)CC3)ncn2)CC1. The van der Waals surface area contributed by atoms with Gasteiger partial charge in [-0.25, -0.2) is 14.4 Å². The summed E-state index contributed by atoms with van der Waals surface area (Å²) in [6.45, 7) is 6.51. The van der Waals surface area contributed by atoms with Crippen LogP contribution in [0.3, 0.4) is 0 Å². The highest BCUT2D eigenvalue weighted by molar-refractivity contribution is 5.93. The zero-order chi connectivity index (χ0) is 19.5. The Kier molecular flexibility index (Phi) is 5.41. The van der Waals surface area contributed by atoms with Crippen LogP contribution in [-0.4, -0.2) is 60.0 Å². The number of piperazine rings is 1. The number of halogens is 1. The molecule has 4 rings (SSSR count). The number of para-hydroxylation sites is 1. The largest absolute Gasteiger partial charge is 0.366 e. The van der Waals surface area contributed by atoms with E-state index in [9.17, 15) is 9.18 Å². The van der Waals surface area contributed by atoms with E-state index in [1.54, 1.807) is 17.0 Å². The molecule has 1 aromatic carbocycles. The Morgan fingerprint density at radius 3 is 2.43 bits per heavy atom. The summed E-state index contributed by atoms with van der Waals surface area (Å²) in [5.41, 5.74) is 1.03. The molecule has 1 aromatic heterocycles. The molecule has 2 fully saturated rings. The summed E-state index contributed by atoms with van der Waals surface area (Å²) in [7, 11) is 0. The molecule has 0 aliphatic carbocycles. The summed E-state index contributed by atoms with van der Waals surface area (Å²) in [5.74, 6) is 1.26. The minimum absolute atomic E-state index is 0.0813. The standard InChI is InChI=1S/C21H26FN5O/c1-16-6-8-26(9-7-16)20-14-18(23-15-24-20)21(28)27-12-10-25(11-13-27)19-5-3-2-4-17(19)22/h2-5,14-16H,6-13H2,1H3. The van der Waals surface area contributed by atoms with Gasteiger partial charge in [0.25, 0.3) is 5.91 Å². The fourth-order valence-electron chi connectivity index (χ4n) is 3.90. The van der Waals surface area contributed by atoms with E-state index in [0.29, 0.717) is 37.6 Å². The molecule has 0 unspecified atom stereocenters. The fourth-order valence-corrected chi connectivity index (χ4v) is 3.90. The van der Waals surface area contributed by atoms with E-state index in [-0.39, 0.29) is 11.7 Å². The molecule has 1 amide bonds. The maximum atomic E-state index is 14.0. The second-order valence-corrected chi connectivity index (χ2v) is 7.66. The molecule has 2 aliphatic rings. The predicted octanol–water partition coefficient (Wildman–Crippen LogP) is 2.81. The number of rotatable bonds is 3. The third-order valence-electron chi connectivity index (χ3n) is 5.74. The Balaban J connectivity index is 1.40. The van der Waals surface area contributed by atoms with Crippen LogP contribution < -0.4 is 9.80 Å². The average Bonchev–Trinajstić information content (AvgIpc) is 2.74. The highest BCUT2D eigenvalue weighted by Gasteiger charge is 2.25. The Bertz CT molecular complexity index is 829. The van der Waals surface area contributed by atoms with Crippen molar-refractivity contribution >= 4 is 17.4 Å². The van der Waals surface area contributed by atoms with Gasteiger partial charge in [0.05, 0.1) is 5.69 Å². The van der Waals surface area contributed by atoms with Gasteiger partial charge in [-0.15, -0.1) is 0 Å². The van der Waals surface area contributed by atoms with Crippen LogP contribution in [-0.2, 0) is 0 Å². The molecule has 148 valence electrons. The second kappa shape index (κ2) is 8.12. The van der Waals surface area contributed by atoms with Crippen LogP contribution in [0.25, 0.3) is 0 Å². The van der Waals surface area contributed by atoms with Crippen LogP contribution >= 0.6 is 0 Å². The van der Waals surface area contributed by atoms with Crippen LogP contribution in [0.2, 0.25) is 0 Å². The van der Waals surface area contributed by atoms with Gasteiger partial charge in [-0.1, -0.05) is 19.1 Å². The molecular weight excluding hydrogens is 357 g/mol. The quantitative estimate of drug-likeness (QED) is 0.816. The molecule has 2 aliphatic heterocycles. The van der Waals surface area contributed by atoms with Crippen molar-refractivity contribution in [3.63, 3.8) is 0 Å². The molecule has 3 heterocycles. The van der Waals surface area contributed by atoms with E-state index >= 15 is 0 Å². The Morgan fingerprint density at radius 2 is 1.71 bits per heavy atom. The lowest BCUT2D eigenvalue weighted by Crippen LogP contribution is -2.49. The zero-order valence-electron chi connectivity index (χ0n) is 16.2. The van der Waals surface area contributed by atoms with Gasteiger partial charge in [0.15, 0.2) is 0 Å². The van der Waals surface area contributed by atoms with Crippen LogP contribution in [0.15, 0.2) is 36.7 Å². The number of hydrogen-bond acceptors (Lipinski definition) is 5. The van der Waals surface area contributed by atoms with Crippen molar-refractivity contribution in [1.29, 1.82) is 0 Å². The number of aromatic nitrogens is 2. The normalized spacial score (nSPS) is 18.4. The molecule has 2 saturated heterocycles. The van der Waals surface area contributed by atoms with Gasteiger partial charge in [0, 0.05) is 45.3 Å². The van der Waals surface area contributed by atoms with Crippen LogP contribution in [0, 0.1) is 11.7 Å². The van der Waals surface area contributed by atoms with E-state index in [1.807, 2.05) is 17.0 Å². The van der Waals surface area contributed by atoms with E-state index in [1.165, 1.54) is 12.4 Å². The lowest BCUT2D eigenvalue weighted by Gasteiger charge is -2.36. The van der Waals surface area contributed by atoms with Crippen LogP contribution in [0.5, 0.6) is 0 Å². The number of piperidine rings is 1. The van der Waals surface area contributed by atoms with Crippen molar-refractivity contribution in [2.24, 2.45) is 5.92 Å². The lowest BCUT2D eigenvalue weighted by molar-refractivity contribution is 0.0740. The predicted molar refractivity (Wildman–Crippen MR) is 107 cm³/mol. The summed E-state index contributed by atoms with van der Waals surface area (Å²) in [5, 5.41) is 0. The number of amides is 1. The first-order chi connectivity index (χ1) is 13.6. The van der Waals surface area contributed by atoms with Crippen LogP contribution in [0.1, 0.15) is 30.3 Å². The van der Waals surface area contributed by atoms with Crippen molar-refractivity contribution in [1.82, 2.24) is 14.9 Å². The number of benzene rings is 1. The minimum atomic E-state index is -0.224. The molecule has 0 atom stereocenters. The third-order valence-corrected chi connectivity index (χ3v) is 5.74. The second-order valence-electron chi connectivity index (χ2n) is 7.66. The minimum Gasteiger partial charge on any atom is -0.366 e. The van der Waals surface area contributed by atoms with Crippen LogP contribution in [0.4, 0.5) is 15.9 Å². The fraction of sp³-hybridized carbons (Fsp3) is 0.476. The smallest absolute Gasteiger partial charge is 0.272 e. The first-order valence-electron chi connectivity index (χ1n) is 9.97. The molecule has 0 radical (unpaired) electrons. The lowest BCUT2D eigenvalue weighted by atomic mass is 9.99. The molecule has 28 heavy (non-hydrogen) atoms. The van der Waals surface area contributed by atoms with Crippen molar-refractivity contribution in [2.75, 3.05) is 49.1 Å². The van der Waals surface area contributed by atoms with Crippen molar-refractivity contribution in [2.45, 2.75) is 19.8 Å². The molecule has 6 nitrogen and oxygen atoms in total. The molecule has 7 heteroatoms. The summed E-state index contributed by atoms with van der Waals surface area (Å²) in [4.78, 5) is 27.5. The van der Waals surface area contributed by atoms with Gasteiger partial charge in [-0.2, -0.15) is 0 Å². The van der Waals surface area contributed by atoms with Gasteiger partial charge < -0.3 is 14.7 Å². The number of nitrogens with zero attached hydrogens (tertiary/aromatic N) is 5. The monoisotopic (exact) mass is 383 g/mol. The Labute approximate surface area is 165 Å². The number of hydrogen-bond donors (Lipinski definition) is 0. The zero-order valence-corrected chi connectivity index (χ0v) is 16.2. The Hall–Kier alpha value is -2.70. The van der Waals surface area contributed by atoms with Crippen molar-refractivity contribution in [3.05, 3.63) is 48.2 Å². The van der Waals surface area contributed by atoms with Crippen molar-refractivity contribution < 1.29 is 9.18 Å². The third kappa shape index (κ3) is 3.93. The summed E-state index contributed by atoms with van der Waals surface area (Å²) in [6, 6.07) is 8.58. The number of carbonyl (C=O) groups is 1. The molecular formula is C21H26FN5O. The summed E-state index contributed by atoms with van der Waals surface area (Å²) in [6.07, 6.45) is 3.77. The molecule has 0 bridgehead atoms. The van der Waals surface area contributed by atoms with E-state index in [0.717, 1.165) is 37.7 Å². The van der Waals surface area contributed by atoms with Gasteiger partial charge in [-0.3, -0.25) is 4.79 Å². The van der Waals surface area contributed by atoms with Gasteiger partial charge in [-0.05, 0) is 30.9 Å². The Morgan fingerprint density at radius 1 is 1.00 bits per heavy atom. The molecule has 0 spiro atoms. The summed E-state index contributed by atoms with van der Waals surface area (Å²) < 4.78 is 14.0. The highest BCUT2D eigenvalue weighted by atomic mass is 19.1. The first-order valence-corrected chi connectivity index (χ1v) is 9.97. The van der Waals surface area contributed by atoms with Gasteiger partial charge in [0.1, 0.15) is 23.7 Å². The number of carbonyl (C=O) groups excluding carboxylic acids is 1. The highest BCUT2D eigenvalue weighted by Crippen LogP contribution is 2.23. The van der Waals surface area contributed by atoms with E-state index in [2.05, 4.69) is 21.8 Å². The topological polar surface area (TPSA) is 52.6 Å². The van der Waals surface area contributed by atoms with E-state index in [4.69, 9.17) is 0 Å². The number of anilines is 2. The van der Waals surface area contributed by atoms with E-state index < -0.39 is 0 Å². The van der Waals surface area contributed by atoms with Gasteiger partial charge >= 0.3 is 0 Å². The van der Waals surface area contributed by atoms with Crippen molar-refractivity contribution in [3.8, 4) is 0 Å². The molecule has 0 saturated carbocycles. The maximum absolute atomic E-state index is 14.0. The summed E-state index contributed by atoms with van der Waals surface area (Å²) >= 11 is 0. The van der Waals surface area contributed by atoms with Gasteiger partial charge in [0.2, 0.25) is 0 Å². The molecule has 0 N–H and O–H groups in total. The average molecular weight is 383 g/mol. The maximum Gasteiger partial charge on any atom is 0.272 e.